The van der Waals surface area contributed by atoms with Crippen LogP contribution in [0.1, 0.15) is 26.7 Å². The summed E-state index contributed by atoms with van der Waals surface area (Å²) in [5.74, 6) is 0.0815. The van der Waals surface area contributed by atoms with E-state index in [0.29, 0.717) is 37.8 Å². The molecule has 25 heavy (non-hydrogen) atoms. The van der Waals surface area contributed by atoms with Crippen molar-refractivity contribution in [3.63, 3.8) is 0 Å². The summed E-state index contributed by atoms with van der Waals surface area (Å²) in [5.41, 5.74) is 0. The van der Waals surface area contributed by atoms with Crippen molar-refractivity contribution in [2.45, 2.75) is 38.8 Å². The Morgan fingerprint density at radius 1 is 1.20 bits per heavy atom. The van der Waals surface area contributed by atoms with Crippen molar-refractivity contribution in [1.29, 1.82) is 0 Å². The van der Waals surface area contributed by atoms with Gasteiger partial charge in [-0.05, 0) is 26.0 Å². The van der Waals surface area contributed by atoms with E-state index in [1.54, 1.807) is 17.2 Å². The van der Waals surface area contributed by atoms with Crippen LogP contribution in [0.3, 0.4) is 0 Å². The van der Waals surface area contributed by atoms with Gasteiger partial charge in [-0.3, -0.25) is 4.90 Å². The second kappa shape index (κ2) is 7.99. The first-order valence-electron chi connectivity index (χ1n) is 9.09. The molecular weight excluding hydrogens is 323 g/mol. The second-order valence-corrected chi connectivity index (χ2v) is 7.00. The fourth-order valence-electron chi connectivity index (χ4n) is 3.43. The van der Waals surface area contributed by atoms with Gasteiger partial charge in [-0.1, -0.05) is 0 Å². The fourth-order valence-corrected chi connectivity index (χ4v) is 3.43. The number of pyridine rings is 1. The van der Waals surface area contributed by atoms with Gasteiger partial charge in [0.05, 0.1) is 0 Å². The van der Waals surface area contributed by atoms with Crippen LogP contribution in [0.5, 0.6) is 0 Å². The van der Waals surface area contributed by atoms with Gasteiger partial charge in [0.1, 0.15) is 6.10 Å². The number of carbonyl (C=O) groups excluding carboxylic acids is 1. The number of rotatable bonds is 3. The summed E-state index contributed by atoms with van der Waals surface area (Å²) in [6.45, 7) is 8.86. The van der Waals surface area contributed by atoms with Gasteiger partial charge in [-0.2, -0.15) is 0 Å². The lowest BCUT2D eigenvalue weighted by Crippen LogP contribution is -2.51. The lowest BCUT2D eigenvalue weighted by atomic mass is 10.1. The van der Waals surface area contributed by atoms with Crippen molar-refractivity contribution >= 4 is 11.9 Å². The molecule has 1 aromatic heterocycles. The first-order chi connectivity index (χ1) is 12.0. The summed E-state index contributed by atoms with van der Waals surface area (Å²) in [7, 11) is 0. The number of piperidine rings is 1. The Hall–Kier alpha value is -1.89. The molecule has 0 bridgehead atoms. The molecule has 2 aliphatic rings. The van der Waals surface area contributed by atoms with Crippen LogP contribution >= 0.6 is 0 Å². The van der Waals surface area contributed by atoms with E-state index in [0.717, 1.165) is 26.2 Å². The average molecular weight is 350 g/mol. The van der Waals surface area contributed by atoms with E-state index in [-0.39, 0.29) is 18.0 Å². The molecule has 0 spiro atoms. The van der Waals surface area contributed by atoms with Gasteiger partial charge in [0.25, 0.3) is 0 Å². The van der Waals surface area contributed by atoms with E-state index in [2.05, 4.69) is 23.7 Å². The topological polar surface area (TPSA) is 48.9 Å². The molecule has 0 saturated carbocycles. The molecule has 3 rings (SSSR count). The highest BCUT2D eigenvalue weighted by Gasteiger charge is 2.28. The third kappa shape index (κ3) is 4.39. The number of anilines is 1. The van der Waals surface area contributed by atoms with Crippen molar-refractivity contribution in [1.82, 2.24) is 14.8 Å². The summed E-state index contributed by atoms with van der Waals surface area (Å²) in [6.07, 6.45) is 2.69. The first kappa shape index (κ1) is 17.9. The maximum atomic E-state index is 13.8. The summed E-state index contributed by atoms with van der Waals surface area (Å²) in [4.78, 5) is 22.5. The Balaban J connectivity index is 1.45. The normalized spacial score (nSPS) is 20.2. The number of hydrogen-bond donors (Lipinski definition) is 0. The van der Waals surface area contributed by atoms with E-state index in [1.165, 1.54) is 6.07 Å². The Morgan fingerprint density at radius 3 is 2.48 bits per heavy atom. The second-order valence-electron chi connectivity index (χ2n) is 7.00. The Labute approximate surface area is 148 Å². The van der Waals surface area contributed by atoms with Gasteiger partial charge < -0.3 is 14.5 Å². The lowest BCUT2D eigenvalue weighted by molar-refractivity contribution is 0.0337. The Morgan fingerprint density at radius 2 is 1.88 bits per heavy atom. The molecule has 1 amide bonds. The maximum Gasteiger partial charge on any atom is 0.410 e. The van der Waals surface area contributed by atoms with Crippen molar-refractivity contribution in [3.8, 4) is 0 Å². The first-order valence-corrected chi connectivity index (χ1v) is 9.09. The monoisotopic (exact) mass is 350 g/mol. The molecular formula is C18H27FN4O2. The molecule has 0 aromatic carbocycles. The van der Waals surface area contributed by atoms with Crippen LogP contribution in [0.2, 0.25) is 0 Å². The molecule has 0 aliphatic carbocycles. The zero-order valence-corrected chi connectivity index (χ0v) is 15.0. The van der Waals surface area contributed by atoms with Gasteiger partial charge in [0, 0.05) is 64.3 Å². The smallest absolute Gasteiger partial charge is 0.410 e. The molecule has 2 saturated heterocycles. The molecule has 6 nitrogen and oxygen atoms in total. The summed E-state index contributed by atoms with van der Waals surface area (Å²) in [6, 6.07) is 3.52. The number of amides is 1. The number of nitrogens with zero attached hydrogens (tertiary/aromatic N) is 4. The summed E-state index contributed by atoms with van der Waals surface area (Å²) in [5, 5.41) is 0. The van der Waals surface area contributed by atoms with E-state index in [4.69, 9.17) is 4.74 Å². The van der Waals surface area contributed by atoms with E-state index in [9.17, 15) is 9.18 Å². The molecule has 1 aromatic rings. The quantitative estimate of drug-likeness (QED) is 0.838. The van der Waals surface area contributed by atoms with Crippen LogP contribution in [0, 0.1) is 5.82 Å². The number of ether oxygens (including phenoxy) is 1. The molecule has 2 aliphatic heterocycles. The third-order valence-electron chi connectivity index (χ3n) is 5.05. The zero-order valence-electron chi connectivity index (χ0n) is 15.0. The van der Waals surface area contributed by atoms with Crippen LogP contribution in [0.15, 0.2) is 18.3 Å². The van der Waals surface area contributed by atoms with Crippen LogP contribution in [0.4, 0.5) is 15.0 Å². The van der Waals surface area contributed by atoms with Crippen LogP contribution in [-0.4, -0.2) is 72.3 Å². The van der Waals surface area contributed by atoms with Crippen molar-refractivity contribution < 1.29 is 13.9 Å². The largest absolute Gasteiger partial charge is 0.446 e. The minimum Gasteiger partial charge on any atom is -0.446 e. The fraction of sp³-hybridized carbons (Fsp3) is 0.667. The zero-order chi connectivity index (χ0) is 17.8. The highest BCUT2D eigenvalue weighted by molar-refractivity contribution is 5.68. The van der Waals surface area contributed by atoms with Gasteiger partial charge >= 0.3 is 6.09 Å². The minimum absolute atomic E-state index is 0.0985. The molecule has 3 heterocycles. The van der Waals surface area contributed by atoms with E-state index >= 15 is 0 Å². The number of piperazine rings is 1. The van der Waals surface area contributed by atoms with Crippen LogP contribution in [-0.2, 0) is 4.74 Å². The highest BCUT2D eigenvalue weighted by atomic mass is 19.1. The van der Waals surface area contributed by atoms with Gasteiger partial charge in [0.15, 0.2) is 11.6 Å². The van der Waals surface area contributed by atoms with E-state index in [1.807, 2.05) is 4.90 Å². The summed E-state index contributed by atoms with van der Waals surface area (Å²) >= 11 is 0. The SMILES string of the molecule is CC(C)N1CCN(C(=O)OC2CCN(c3ncccc3F)CC2)CC1. The number of aromatic nitrogens is 1. The van der Waals surface area contributed by atoms with Gasteiger partial charge in [-0.15, -0.1) is 0 Å². The molecule has 138 valence electrons. The lowest BCUT2D eigenvalue weighted by Gasteiger charge is -2.38. The number of halogens is 1. The van der Waals surface area contributed by atoms with Gasteiger partial charge in [-0.25, -0.2) is 14.2 Å². The molecule has 0 unspecified atom stereocenters. The highest BCUT2D eigenvalue weighted by Crippen LogP contribution is 2.22. The molecule has 2 fully saturated rings. The number of carbonyl (C=O) groups is 1. The minimum atomic E-state index is -0.305. The predicted molar refractivity (Wildman–Crippen MR) is 94.2 cm³/mol. The molecule has 7 heteroatoms. The van der Waals surface area contributed by atoms with Crippen LogP contribution in [0.25, 0.3) is 0 Å². The molecule has 0 radical (unpaired) electrons. The third-order valence-corrected chi connectivity index (χ3v) is 5.05. The van der Waals surface area contributed by atoms with Gasteiger partial charge in [0.2, 0.25) is 0 Å². The Bertz CT molecular complexity index is 582. The van der Waals surface area contributed by atoms with Crippen LogP contribution < -0.4 is 4.90 Å². The average Bonchev–Trinajstić information content (AvgIpc) is 2.63. The molecule has 0 atom stereocenters. The number of hydrogen-bond acceptors (Lipinski definition) is 5. The molecule has 0 N–H and O–H groups in total. The Kier molecular flexibility index (Phi) is 5.73. The van der Waals surface area contributed by atoms with E-state index < -0.39 is 0 Å². The maximum absolute atomic E-state index is 13.8. The predicted octanol–water partition coefficient (Wildman–Crippen LogP) is 2.35. The van der Waals surface area contributed by atoms with Crippen molar-refractivity contribution in [3.05, 3.63) is 24.1 Å². The summed E-state index contributed by atoms with van der Waals surface area (Å²) < 4.78 is 19.5. The van der Waals surface area contributed by atoms with Crippen molar-refractivity contribution in [2.75, 3.05) is 44.2 Å². The van der Waals surface area contributed by atoms with Crippen molar-refractivity contribution in [2.24, 2.45) is 0 Å². The standard InChI is InChI=1S/C18H27FN4O2/c1-14(2)21-10-12-23(13-11-21)18(24)25-15-5-8-22(9-6-15)17-16(19)4-3-7-20-17/h3-4,7,14-15H,5-6,8-13H2,1-2H3.